The van der Waals surface area contributed by atoms with E-state index in [4.69, 9.17) is 56.8 Å². The Labute approximate surface area is 488 Å². The van der Waals surface area contributed by atoms with Crippen LogP contribution in [0, 0.1) is 0 Å². The Kier molecular flexibility index (Phi) is 28.0. The van der Waals surface area contributed by atoms with Gasteiger partial charge in [-0.15, -0.1) is 0 Å². The van der Waals surface area contributed by atoms with Crippen LogP contribution in [0.5, 0.6) is 0 Å². The van der Waals surface area contributed by atoms with Gasteiger partial charge in [0.25, 0.3) is 0 Å². The molecule has 0 aliphatic carbocycles. The van der Waals surface area contributed by atoms with Crippen molar-refractivity contribution in [3.05, 3.63) is 0 Å². The van der Waals surface area contributed by atoms with Gasteiger partial charge in [-0.3, -0.25) is 19.3 Å². The zero-order valence-corrected chi connectivity index (χ0v) is 46.0. The van der Waals surface area contributed by atoms with Crippen LogP contribution in [0.15, 0.2) is 0 Å². The minimum atomic E-state index is -2.01. The highest BCUT2D eigenvalue weighted by atomic mass is 16.8. The normalized spacial score (nSPS) is 44.0. The Morgan fingerprint density at radius 3 is 0.942 bits per heavy atom. The third-order valence-electron chi connectivity index (χ3n) is 14.9. The van der Waals surface area contributed by atoms with Gasteiger partial charge in [-0.25, -0.2) is 0 Å². The number of nitrogens with one attached hydrogen (secondary N) is 3. The van der Waals surface area contributed by atoms with Crippen LogP contribution in [-0.4, -0.2) is 402 Å². The molecule has 0 unspecified atom stereocenters. The molecule has 0 aromatic rings. The first-order valence-electron chi connectivity index (χ1n) is 27.3. The number of hydrogen-bond acceptors (Lipinski definition) is 36. The summed E-state index contributed by atoms with van der Waals surface area (Å²) in [6.07, 6.45) is -54.0. The second-order valence-corrected chi connectivity index (χ2v) is 21.0. The summed E-state index contributed by atoms with van der Waals surface area (Å²) in [5, 5.41) is 216. The number of carbonyl (C=O) groups is 3. The van der Waals surface area contributed by atoms with Gasteiger partial charge in [-0.2, -0.15) is 0 Å². The highest BCUT2D eigenvalue weighted by molar-refractivity contribution is 5.83. The number of hydrogen-bond donors (Lipinski definition) is 23. The molecule has 30 atom stereocenters. The Morgan fingerprint density at radius 2 is 0.628 bits per heavy atom. The lowest BCUT2D eigenvalue weighted by atomic mass is 9.96. The molecule has 500 valence electrons. The van der Waals surface area contributed by atoms with E-state index in [1.54, 1.807) is 0 Å². The van der Waals surface area contributed by atoms with E-state index in [2.05, 4.69) is 16.0 Å². The number of nitrogens with zero attached hydrogens (tertiary/aromatic N) is 1. The average Bonchev–Trinajstić information content (AvgIpc) is 1.60. The number of amides is 3. The highest BCUT2D eigenvalue weighted by Crippen LogP contribution is 2.33. The molecule has 0 bridgehead atoms. The highest BCUT2D eigenvalue weighted by Gasteiger charge is 2.55. The zero-order valence-electron chi connectivity index (χ0n) is 46.0. The molecule has 0 spiro atoms. The van der Waals surface area contributed by atoms with Crippen molar-refractivity contribution in [2.75, 3.05) is 92.6 Å². The molecule has 6 rings (SSSR count). The van der Waals surface area contributed by atoms with Crippen LogP contribution in [0.3, 0.4) is 0 Å². The minimum absolute atomic E-state index is 0.364. The lowest BCUT2D eigenvalue weighted by Crippen LogP contribution is -2.65. The number of ether oxygens (including phenoxy) is 12. The second-order valence-electron chi connectivity index (χ2n) is 21.0. The summed E-state index contributed by atoms with van der Waals surface area (Å²) in [6, 6.07) is 0. The molecule has 0 aromatic heterocycles. The quantitative estimate of drug-likeness (QED) is 0.0324. The number of aliphatic hydroxyl groups excluding tert-OH is 20. The van der Waals surface area contributed by atoms with Crippen molar-refractivity contribution in [3.63, 3.8) is 0 Å². The monoisotopic (exact) mass is 1260 g/mol. The second kappa shape index (κ2) is 33.4. The number of likely N-dealkylation sites (N-methyl/N-ethyl adjacent to an activating group) is 1. The van der Waals surface area contributed by atoms with E-state index in [-0.39, 0.29) is 13.1 Å². The number of aliphatic hydroxyl groups is 20. The summed E-state index contributed by atoms with van der Waals surface area (Å²) < 4.78 is 66.7. The maximum absolute atomic E-state index is 13.2. The van der Waals surface area contributed by atoms with Crippen molar-refractivity contribution in [2.45, 2.75) is 184 Å². The van der Waals surface area contributed by atoms with Crippen molar-refractivity contribution in [1.29, 1.82) is 0 Å². The van der Waals surface area contributed by atoms with Crippen LogP contribution in [0.1, 0.15) is 0 Å². The third-order valence-corrected chi connectivity index (χ3v) is 14.9. The molecule has 6 aliphatic heterocycles. The Hall–Kier alpha value is -2.91. The molecule has 6 aliphatic rings. The van der Waals surface area contributed by atoms with Gasteiger partial charge in [0.1, 0.15) is 146 Å². The summed E-state index contributed by atoms with van der Waals surface area (Å²) in [4.78, 5) is 40.0. The molecule has 6 heterocycles. The van der Waals surface area contributed by atoms with Gasteiger partial charge in [0.2, 0.25) is 17.7 Å². The molecule has 6 fully saturated rings. The lowest BCUT2D eigenvalue weighted by Gasteiger charge is -2.46. The van der Waals surface area contributed by atoms with Crippen LogP contribution >= 0.6 is 0 Å². The van der Waals surface area contributed by atoms with E-state index in [9.17, 15) is 117 Å². The van der Waals surface area contributed by atoms with Gasteiger partial charge in [-0.05, 0) is 0 Å². The maximum Gasteiger partial charge on any atom is 0.234 e. The summed E-state index contributed by atoms with van der Waals surface area (Å²) in [5.41, 5.74) is 0. The van der Waals surface area contributed by atoms with Gasteiger partial charge in [0.15, 0.2) is 37.7 Å². The van der Waals surface area contributed by atoms with Crippen LogP contribution in [0.2, 0.25) is 0 Å². The maximum atomic E-state index is 13.2. The molecule has 39 nitrogen and oxygen atoms in total. The Morgan fingerprint density at radius 1 is 0.349 bits per heavy atom. The summed E-state index contributed by atoms with van der Waals surface area (Å²) in [5.74, 6) is -2.22. The fraction of sp³-hybridized carbons (Fsp3) is 0.936. The zero-order chi connectivity index (χ0) is 63.4. The summed E-state index contributed by atoms with van der Waals surface area (Å²) >= 11 is 0. The van der Waals surface area contributed by atoms with Crippen LogP contribution in [-0.2, 0) is 71.2 Å². The third kappa shape index (κ3) is 17.8. The standard InChI is InChI=1S/C47H82N4O35/c1-48-21(56)6-51(7-22(57)49-2-4-75-44-38(73)40(85-46-36(71)32(67)26(61)17(11-54)81-46)28(63)19(83-44)13-77-42-34(69)30(65)24(59)15(9-52)79-42)8-23(58)50-3-5-76-45-39(74)41(86-47-37(72)33(68)27(62)18(12-55)82-47)29(64)20(84-45)14-78-43-35(70)31(66)25(60)16(10-53)80-43/h15-20,24-47,52-55,59-74H,2-14H2,1H3,(H,48,56)(H,49,57)(H,50,58)/t15-,16-,17-,18-,19-,20-,24-,25-,26-,27-,28-,29-,30+,31+,32+,33+,34+,35+,36+,37+,38-,39-,40+,41+,42+,43+,44-,45-,46-,47-/m1/s1. The van der Waals surface area contributed by atoms with Crippen molar-refractivity contribution in [2.24, 2.45) is 0 Å². The predicted octanol–water partition coefficient (Wildman–Crippen LogP) is -16.8. The molecule has 3 amide bonds. The van der Waals surface area contributed by atoms with Crippen LogP contribution in [0.25, 0.3) is 0 Å². The first kappa shape index (κ1) is 72.2. The molecule has 23 N–H and O–H groups in total. The van der Waals surface area contributed by atoms with E-state index < -0.39 is 274 Å². The van der Waals surface area contributed by atoms with Gasteiger partial charge in [0.05, 0.1) is 72.5 Å². The number of rotatable bonds is 28. The molecule has 0 saturated carbocycles. The fourth-order valence-corrected chi connectivity index (χ4v) is 9.83. The molecule has 86 heavy (non-hydrogen) atoms. The van der Waals surface area contributed by atoms with Gasteiger partial charge in [-0.1, -0.05) is 0 Å². The number of carbonyl (C=O) groups excluding carboxylic acids is 3. The molecular formula is C47H82N4O35. The van der Waals surface area contributed by atoms with Crippen LogP contribution in [0.4, 0.5) is 0 Å². The van der Waals surface area contributed by atoms with E-state index in [1.807, 2.05) is 0 Å². The van der Waals surface area contributed by atoms with E-state index in [0.29, 0.717) is 0 Å². The molecule has 0 radical (unpaired) electrons. The fourth-order valence-electron chi connectivity index (χ4n) is 9.83. The average molecular weight is 1260 g/mol. The van der Waals surface area contributed by atoms with Crippen molar-refractivity contribution in [1.82, 2.24) is 20.9 Å². The lowest BCUT2D eigenvalue weighted by molar-refractivity contribution is -0.366. The van der Waals surface area contributed by atoms with Gasteiger partial charge in [0, 0.05) is 20.1 Å². The van der Waals surface area contributed by atoms with Gasteiger partial charge >= 0.3 is 0 Å². The van der Waals surface area contributed by atoms with E-state index >= 15 is 0 Å². The van der Waals surface area contributed by atoms with E-state index in [1.165, 1.54) is 7.05 Å². The molecule has 39 heteroatoms. The minimum Gasteiger partial charge on any atom is -0.394 e. The first-order chi connectivity index (χ1) is 40.8. The SMILES string of the molecule is CNC(=O)CN(CC(=O)NCCO[C@@H]1O[C@H](CO[C@H]2O[C@H](CO)[C@@H](O)[C@H](O)[C@@H]2O)[C@@H](O)[C@H](O[C@H]2O[C@H](CO)[C@@H](O)[C@H](O)[C@@H]2O)[C@H]1O)CC(=O)NCCO[C@@H]1O[C@H](CO[C@H]2O[C@H](CO)[C@@H](O)[C@H](O)[C@@H]2O)[C@@H](O)[C@H](O[C@H]2O[C@H](CO)[C@@H](O)[C@H](O)[C@@H]2O)[C@H]1O. The van der Waals surface area contributed by atoms with E-state index in [0.717, 1.165) is 4.90 Å². The van der Waals surface area contributed by atoms with Crippen molar-refractivity contribution in [3.8, 4) is 0 Å². The van der Waals surface area contributed by atoms with Gasteiger partial charge < -0.3 is 175 Å². The van der Waals surface area contributed by atoms with Crippen LogP contribution < -0.4 is 16.0 Å². The largest absolute Gasteiger partial charge is 0.394 e. The summed E-state index contributed by atoms with van der Waals surface area (Å²) in [7, 11) is 1.29. The predicted molar refractivity (Wildman–Crippen MR) is 266 cm³/mol. The topological polar surface area (TPSA) is 606 Å². The molecular weight excluding hydrogens is 1180 g/mol. The molecule has 6 saturated heterocycles. The molecule has 0 aromatic carbocycles. The van der Waals surface area contributed by atoms with Crippen molar-refractivity contribution >= 4 is 17.7 Å². The smallest absolute Gasteiger partial charge is 0.234 e. The first-order valence-corrected chi connectivity index (χ1v) is 27.3. The Bertz CT molecular complexity index is 1930. The van der Waals surface area contributed by atoms with Crippen molar-refractivity contribution < 1.29 is 173 Å². The Balaban J connectivity index is 1.03. The summed E-state index contributed by atoms with van der Waals surface area (Å²) in [6.45, 7) is -8.30.